The van der Waals surface area contributed by atoms with E-state index in [2.05, 4.69) is 134 Å². The highest BCUT2D eigenvalue weighted by Crippen LogP contribution is 2.39. The van der Waals surface area contributed by atoms with Crippen LogP contribution in [0.1, 0.15) is 0 Å². The molecule has 2 nitrogen and oxygen atoms in total. The third-order valence-electron chi connectivity index (χ3n) is 6.84. The van der Waals surface area contributed by atoms with Crippen molar-refractivity contribution in [2.24, 2.45) is 7.05 Å². The predicted octanol–water partition coefficient (Wildman–Crippen LogP) is 8.46. The number of fused-ring (bicyclic) bond motifs is 8. The summed E-state index contributed by atoms with van der Waals surface area (Å²) in [6.07, 6.45) is 0. The molecule has 32 heavy (non-hydrogen) atoms. The third kappa shape index (κ3) is 2.40. The molecule has 2 aromatic heterocycles. The minimum atomic E-state index is 1.25. The van der Waals surface area contributed by atoms with E-state index < -0.39 is 0 Å². The Labute approximate surface area is 199 Å². The molecule has 7 rings (SSSR count). The van der Waals surface area contributed by atoms with E-state index in [1.165, 1.54) is 65.5 Å². The predicted molar refractivity (Wildman–Crippen MR) is 146 cm³/mol. The van der Waals surface area contributed by atoms with Crippen molar-refractivity contribution in [3.8, 4) is 11.1 Å². The van der Waals surface area contributed by atoms with Crippen molar-refractivity contribution in [3.05, 3.63) is 97.1 Å². The first-order valence-corrected chi connectivity index (χ1v) is 11.8. The lowest BCUT2D eigenvalue weighted by Gasteiger charge is -2.05. The highest BCUT2D eigenvalue weighted by molar-refractivity contribution is 14.1. The molecule has 0 bridgehead atoms. The van der Waals surface area contributed by atoms with Crippen molar-refractivity contribution in [2.45, 2.75) is 0 Å². The van der Waals surface area contributed by atoms with Gasteiger partial charge in [-0.3, -0.25) is 2.78 Å². The van der Waals surface area contributed by atoms with Gasteiger partial charge in [-0.05, 0) is 52.2 Å². The second-order valence-corrected chi connectivity index (χ2v) is 9.47. The van der Waals surface area contributed by atoms with Crippen molar-refractivity contribution in [1.82, 2.24) is 7.35 Å². The molecule has 0 saturated carbocycles. The maximum absolute atomic E-state index is 2.43. The Bertz CT molecular complexity index is 1850. The summed E-state index contributed by atoms with van der Waals surface area (Å²) in [6.45, 7) is 0. The molecule has 0 saturated heterocycles. The van der Waals surface area contributed by atoms with Crippen LogP contribution in [-0.2, 0) is 7.05 Å². The molecule has 0 spiro atoms. The Morgan fingerprint density at radius 2 is 1.22 bits per heavy atom. The Hall–Kier alpha value is -3.31. The quantitative estimate of drug-likeness (QED) is 0.192. The number of benzene rings is 5. The molecule has 0 aliphatic rings. The summed E-state index contributed by atoms with van der Waals surface area (Å²) < 4.78 is 4.59. The van der Waals surface area contributed by atoms with Crippen LogP contribution in [-0.4, -0.2) is 7.35 Å². The summed E-state index contributed by atoms with van der Waals surface area (Å²) in [4.78, 5) is 0. The maximum atomic E-state index is 2.43. The Morgan fingerprint density at radius 1 is 0.531 bits per heavy atom. The molecule has 2 heterocycles. The molecule has 0 N–H and O–H groups in total. The van der Waals surface area contributed by atoms with Crippen LogP contribution in [0.15, 0.2) is 97.1 Å². The summed E-state index contributed by atoms with van der Waals surface area (Å²) in [5, 5.41) is 7.85. The normalized spacial score (nSPS) is 12.1. The molecule has 0 aliphatic carbocycles. The minimum Gasteiger partial charge on any atom is -0.344 e. The molecule has 0 atom stereocenters. The van der Waals surface area contributed by atoms with E-state index >= 15 is 0 Å². The number of hydrogen-bond donors (Lipinski definition) is 0. The molecule has 5 aromatic carbocycles. The molecular weight excluding hydrogens is 503 g/mol. The number of aryl methyl sites for hydroxylation is 1. The number of nitrogens with zero attached hydrogens (tertiary/aromatic N) is 2. The van der Waals surface area contributed by atoms with Crippen LogP contribution >= 0.6 is 22.9 Å². The molecule has 7 aromatic rings. The number of halogens is 1. The average Bonchev–Trinajstić information content (AvgIpc) is 3.30. The first kappa shape index (κ1) is 18.3. The van der Waals surface area contributed by atoms with E-state index in [1.54, 1.807) is 0 Å². The zero-order valence-electron chi connectivity index (χ0n) is 17.5. The van der Waals surface area contributed by atoms with Gasteiger partial charge < -0.3 is 4.57 Å². The summed E-state index contributed by atoms with van der Waals surface area (Å²) in [5.41, 5.74) is 7.56. The van der Waals surface area contributed by atoms with Gasteiger partial charge in [-0.25, -0.2) is 0 Å². The lowest BCUT2D eigenvalue weighted by atomic mass is 9.99. The third-order valence-corrected chi connectivity index (χ3v) is 7.88. The highest BCUT2D eigenvalue weighted by Gasteiger charge is 2.14. The minimum absolute atomic E-state index is 1.25. The fourth-order valence-corrected chi connectivity index (χ4v) is 6.09. The van der Waals surface area contributed by atoms with Gasteiger partial charge in [0.05, 0.1) is 33.9 Å². The number of hydrogen-bond acceptors (Lipinski definition) is 0. The largest absolute Gasteiger partial charge is 0.344 e. The van der Waals surface area contributed by atoms with Crippen molar-refractivity contribution in [2.75, 3.05) is 0 Å². The number of rotatable bonds is 1. The molecule has 0 fully saturated rings. The molecule has 0 aliphatic heterocycles. The molecule has 152 valence electrons. The number of aromatic nitrogens is 2. The van der Waals surface area contributed by atoms with E-state index in [-0.39, 0.29) is 0 Å². The smallest absolute Gasteiger partial charge is 0.0646 e. The SMILES string of the molecule is Cn1c2ccccc2c2ccc(-c3ccc4c(c3)c3c5ccccc5ccc3n4I)cc21. The van der Waals surface area contributed by atoms with Crippen LogP contribution < -0.4 is 0 Å². The van der Waals surface area contributed by atoms with Crippen molar-refractivity contribution in [1.29, 1.82) is 0 Å². The summed E-state index contributed by atoms with van der Waals surface area (Å²) >= 11 is 2.43. The Kier molecular flexibility index (Phi) is 3.77. The van der Waals surface area contributed by atoms with Crippen LogP contribution in [0.5, 0.6) is 0 Å². The lowest BCUT2D eigenvalue weighted by molar-refractivity contribution is 1.01. The molecule has 3 heteroatoms. The topological polar surface area (TPSA) is 9.86 Å². The molecule has 0 amide bonds. The van der Waals surface area contributed by atoms with E-state index in [9.17, 15) is 0 Å². The first-order valence-electron chi connectivity index (χ1n) is 10.8. The zero-order valence-corrected chi connectivity index (χ0v) is 19.7. The highest BCUT2D eigenvalue weighted by atomic mass is 127. The van der Waals surface area contributed by atoms with Crippen molar-refractivity contribution in [3.63, 3.8) is 0 Å². The van der Waals surface area contributed by atoms with Gasteiger partial charge in [0, 0.05) is 39.6 Å². The number of para-hydroxylation sites is 1. The van der Waals surface area contributed by atoms with Gasteiger partial charge in [0.15, 0.2) is 0 Å². The summed E-state index contributed by atoms with van der Waals surface area (Å²) in [7, 11) is 2.16. The standard InChI is InChI=1S/C29H19IN2/c1-31-25-9-5-4-8-22(25)23-13-10-20(17-28(23)31)19-12-14-26-24(16-19)29-21-7-3-2-6-18(21)11-15-27(29)32(26)30/h2-17H,1H3. The molecular formula is C29H19IN2. The van der Waals surface area contributed by atoms with Crippen LogP contribution in [0.2, 0.25) is 0 Å². The summed E-state index contributed by atoms with van der Waals surface area (Å²) in [5.74, 6) is 0. The van der Waals surface area contributed by atoms with Crippen LogP contribution in [0.4, 0.5) is 0 Å². The van der Waals surface area contributed by atoms with E-state index in [0.29, 0.717) is 0 Å². The van der Waals surface area contributed by atoms with Gasteiger partial charge in [0.25, 0.3) is 0 Å². The Morgan fingerprint density at radius 3 is 2.12 bits per heavy atom. The van der Waals surface area contributed by atoms with Crippen molar-refractivity contribution >= 4 is 77.2 Å². The van der Waals surface area contributed by atoms with E-state index in [4.69, 9.17) is 0 Å². The molecule has 0 unspecified atom stereocenters. The Balaban J connectivity index is 1.53. The van der Waals surface area contributed by atoms with Gasteiger partial charge in [0.1, 0.15) is 0 Å². The van der Waals surface area contributed by atoms with E-state index in [1.807, 2.05) is 0 Å². The maximum Gasteiger partial charge on any atom is 0.0646 e. The van der Waals surface area contributed by atoms with Gasteiger partial charge >= 0.3 is 0 Å². The molecule has 0 radical (unpaired) electrons. The van der Waals surface area contributed by atoms with Gasteiger partial charge in [-0.2, -0.15) is 0 Å². The first-order chi connectivity index (χ1) is 15.7. The van der Waals surface area contributed by atoms with Crippen LogP contribution in [0.25, 0.3) is 65.5 Å². The summed E-state index contributed by atoms with van der Waals surface area (Å²) in [6, 6.07) is 35.5. The zero-order chi connectivity index (χ0) is 21.4. The average molecular weight is 522 g/mol. The van der Waals surface area contributed by atoms with Gasteiger partial charge in [-0.1, -0.05) is 66.7 Å². The van der Waals surface area contributed by atoms with Crippen molar-refractivity contribution < 1.29 is 0 Å². The van der Waals surface area contributed by atoms with Gasteiger partial charge in [-0.15, -0.1) is 0 Å². The van der Waals surface area contributed by atoms with Gasteiger partial charge in [0.2, 0.25) is 0 Å². The monoisotopic (exact) mass is 522 g/mol. The van der Waals surface area contributed by atoms with Crippen LogP contribution in [0, 0.1) is 0 Å². The van der Waals surface area contributed by atoms with E-state index in [0.717, 1.165) is 0 Å². The lowest BCUT2D eigenvalue weighted by Crippen LogP contribution is -1.87. The van der Waals surface area contributed by atoms with Crippen LogP contribution in [0.3, 0.4) is 0 Å². The fraction of sp³-hybridized carbons (Fsp3) is 0.0345. The second kappa shape index (κ2) is 6.59. The fourth-order valence-electron chi connectivity index (χ4n) is 5.26. The second-order valence-electron chi connectivity index (χ2n) is 8.50.